The number of benzene rings is 2. The average molecular weight is 373 g/mol. The lowest BCUT2D eigenvalue weighted by Crippen LogP contribution is -2.35. The maximum Gasteiger partial charge on any atom is 0.287 e. The van der Waals surface area contributed by atoms with Gasteiger partial charge in [0.2, 0.25) is 0 Å². The van der Waals surface area contributed by atoms with Crippen LogP contribution in [-0.4, -0.2) is 25.7 Å². The zero-order chi connectivity index (χ0) is 18.5. The molecule has 4 nitrogen and oxygen atoms in total. The lowest BCUT2D eigenvalue weighted by molar-refractivity contribution is 0.0879. The van der Waals surface area contributed by atoms with E-state index in [1.54, 1.807) is 25.3 Å². The predicted molar refractivity (Wildman–Crippen MR) is 101 cm³/mol. The molecule has 6 heteroatoms. The Bertz CT molecular complexity index is 909. The molecule has 0 spiro atoms. The number of amides is 1. The van der Waals surface area contributed by atoms with Crippen molar-refractivity contribution in [3.8, 4) is 0 Å². The highest BCUT2D eigenvalue weighted by Crippen LogP contribution is 2.33. The molecular formula is C20H20FNO3S. The number of thioether (sulfide) groups is 1. The molecule has 0 aliphatic rings. The fourth-order valence-electron chi connectivity index (χ4n) is 2.72. The maximum absolute atomic E-state index is 13.9. The number of halogens is 1. The lowest BCUT2D eigenvalue weighted by atomic mass is 10.1. The van der Waals surface area contributed by atoms with Crippen molar-refractivity contribution in [3.63, 3.8) is 0 Å². The van der Waals surface area contributed by atoms with E-state index in [1.165, 1.54) is 17.8 Å². The van der Waals surface area contributed by atoms with E-state index in [0.29, 0.717) is 22.8 Å². The average Bonchev–Trinajstić information content (AvgIpc) is 3.00. The van der Waals surface area contributed by atoms with Gasteiger partial charge < -0.3 is 14.5 Å². The van der Waals surface area contributed by atoms with Crippen LogP contribution in [0.5, 0.6) is 0 Å². The molecule has 1 N–H and O–H groups in total. The minimum atomic E-state index is -0.296. The van der Waals surface area contributed by atoms with E-state index in [2.05, 4.69) is 5.32 Å². The van der Waals surface area contributed by atoms with Crippen molar-refractivity contribution in [2.24, 2.45) is 0 Å². The number of para-hydroxylation sites is 1. The van der Waals surface area contributed by atoms with Gasteiger partial charge in [0, 0.05) is 34.7 Å². The zero-order valence-electron chi connectivity index (χ0n) is 14.6. The van der Waals surface area contributed by atoms with Crippen LogP contribution in [0.1, 0.15) is 23.0 Å². The molecule has 1 amide bonds. The molecule has 3 rings (SSSR count). The summed E-state index contributed by atoms with van der Waals surface area (Å²) >= 11 is 1.34. The summed E-state index contributed by atoms with van der Waals surface area (Å²) in [4.78, 5) is 13.2. The minimum absolute atomic E-state index is 0.146. The number of hydrogen-bond acceptors (Lipinski definition) is 4. The van der Waals surface area contributed by atoms with Crippen molar-refractivity contribution in [1.29, 1.82) is 0 Å². The number of carbonyl (C=O) groups excluding carboxylic acids is 1. The van der Waals surface area contributed by atoms with E-state index in [-0.39, 0.29) is 23.5 Å². The summed E-state index contributed by atoms with van der Waals surface area (Å²) in [5.41, 5.74) is 1.40. The molecule has 1 aromatic heterocycles. The Morgan fingerprint density at radius 2 is 1.96 bits per heavy atom. The van der Waals surface area contributed by atoms with Crippen LogP contribution in [0, 0.1) is 5.82 Å². The molecule has 0 aliphatic carbocycles. The van der Waals surface area contributed by atoms with E-state index in [1.807, 2.05) is 31.2 Å². The van der Waals surface area contributed by atoms with Gasteiger partial charge in [-0.2, -0.15) is 0 Å². The number of ether oxygens (including phenoxy) is 1. The van der Waals surface area contributed by atoms with E-state index in [0.717, 1.165) is 10.9 Å². The van der Waals surface area contributed by atoms with Gasteiger partial charge in [-0.25, -0.2) is 4.39 Å². The SMILES string of the molecule is COCC(C)NC(=O)c1oc2ccccc2c1CSc1ccccc1F. The Kier molecular flexibility index (Phi) is 5.96. The van der Waals surface area contributed by atoms with Crippen LogP contribution in [0.2, 0.25) is 0 Å². The summed E-state index contributed by atoms with van der Waals surface area (Å²) in [6.45, 7) is 2.27. The number of carbonyl (C=O) groups is 1. The maximum atomic E-state index is 13.9. The Morgan fingerprint density at radius 3 is 2.73 bits per heavy atom. The van der Waals surface area contributed by atoms with Gasteiger partial charge in [0.15, 0.2) is 5.76 Å². The first-order chi connectivity index (χ1) is 12.6. The quantitative estimate of drug-likeness (QED) is 0.614. The molecule has 1 atom stereocenters. The Balaban J connectivity index is 1.89. The second kappa shape index (κ2) is 8.38. The van der Waals surface area contributed by atoms with Gasteiger partial charge in [-0.05, 0) is 25.1 Å². The van der Waals surface area contributed by atoms with E-state index in [9.17, 15) is 9.18 Å². The molecule has 0 fully saturated rings. The number of furan rings is 1. The molecule has 2 aromatic carbocycles. The molecule has 1 heterocycles. The van der Waals surface area contributed by atoms with Gasteiger partial charge in [0.05, 0.1) is 6.61 Å². The van der Waals surface area contributed by atoms with Crippen LogP contribution in [0.15, 0.2) is 57.8 Å². The number of nitrogens with one attached hydrogen (secondary N) is 1. The zero-order valence-corrected chi connectivity index (χ0v) is 15.4. The third-order valence-electron chi connectivity index (χ3n) is 3.91. The predicted octanol–water partition coefficient (Wildman–Crippen LogP) is 4.63. The molecule has 136 valence electrons. The van der Waals surface area contributed by atoms with Crippen molar-refractivity contribution in [2.45, 2.75) is 23.6 Å². The Morgan fingerprint density at radius 1 is 1.23 bits per heavy atom. The first-order valence-corrected chi connectivity index (χ1v) is 9.26. The summed E-state index contributed by atoms with van der Waals surface area (Å²) in [6, 6.07) is 13.9. The van der Waals surface area contributed by atoms with E-state index < -0.39 is 0 Å². The summed E-state index contributed by atoms with van der Waals surface area (Å²) in [5.74, 6) is 0.122. The fraction of sp³-hybridized carbons (Fsp3) is 0.250. The molecule has 0 aliphatic heterocycles. The van der Waals surface area contributed by atoms with Crippen LogP contribution < -0.4 is 5.32 Å². The second-order valence-corrected chi connectivity index (χ2v) is 6.97. The third kappa shape index (κ3) is 4.08. The van der Waals surface area contributed by atoms with Gasteiger partial charge in [0.1, 0.15) is 11.4 Å². The van der Waals surface area contributed by atoms with E-state index in [4.69, 9.17) is 9.15 Å². The third-order valence-corrected chi connectivity index (χ3v) is 4.98. The molecule has 0 radical (unpaired) electrons. The summed E-state index contributed by atoms with van der Waals surface area (Å²) < 4.78 is 24.8. The summed E-state index contributed by atoms with van der Waals surface area (Å²) in [5, 5.41) is 3.73. The standard InChI is InChI=1S/C20H20FNO3S/c1-13(11-24-2)22-20(23)19-15(14-7-3-5-9-17(14)25-19)12-26-18-10-6-4-8-16(18)21/h3-10,13H,11-12H2,1-2H3,(H,22,23). The largest absolute Gasteiger partial charge is 0.451 e. The highest BCUT2D eigenvalue weighted by Gasteiger charge is 2.22. The number of rotatable bonds is 7. The normalized spacial score (nSPS) is 12.3. The van der Waals surface area contributed by atoms with Gasteiger partial charge >= 0.3 is 0 Å². The molecule has 0 bridgehead atoms. The van der Waals surface area contributed by atoms with Crippen LogP contribution in [0.4, 0.5) is 4.39 Å². The van der Waals surface area contributed by atoms with Crippen molar-refractivity contribution < 1.29 is 18.3 Å². The Labute approximate surface area is 155 Å². The second-order valence-electron chi connectivity index (χ2n) is 5.95. The van der Waals surface area contributed by atoms with Crippen molar-refractivity contribution in [2.75, 3.05) is 13.7 Å². The van der Waals surface area contributed by atoms with Crippen LogP contribution in [-0.2, 0) is 10.5 Å². The monoisotopic (exact) mass is 373 g/mol. The van der Waals surface area contributed by atoms with E-state index >= 15 is 0 Å². The van der Waals surface area contributed by atoms with Crippen LogP contribution >= 0.6 is 11.8 Å². The van der Waals surface area contributed by atoms with Crippen molar-refractivity contribution in [3.05, 3.63) is 65.7 Å². The van der Waals surface area contributed by atoms with Gasteiger partial charge in [0.25, 0.3) is 5.91 Å². The molecule has 0 saturated heterocycles. The van der Waals surface area contributed by atoms with Gasteiger partial charge in [-0.15, -0.1) is 11.8 Å². The number of fused-ring (bicyclic) bond motifs is 1. The number of methoxy groups -OCH3 is 1. The molecule has 0 saturated carbocycles. The first-order valence-electron chi connectivity index (χ1n) is 8.27. The first kappa shape index (κ1) is 18.5. The summed E-state index contributed by atoms with van der Waals surface area (Å²) in [7, 11) is 1.58. The number of hydrogen-bond donors (Lipinski definition) is 1. The Hall–Kier alpha value is -2.31. The summed E-state index contributed by atoms with van der Waals surface area (Å²) in [6.07, 6.45) is 0. The van der Waals surface area contributed by atoms with Gasteiger partial charge in [-0.3, -0.25) is 4.79 Å². The topological polar surface area (TPSA) is 51.5 Å². The molecule has 26 heavy (non-hydrogen) atoms. The van der Waals surface area contributed by atoms with Crippen LogP contribution in [0.3, 0.4) is 0 Å². The van der Waals surface area contributed by atoms with Crippen LogP contribution in [0.25, 0.3) is 11.0 Å². The lowest BCUT2D eigenvalue weighted by Gasteiger charge is -2.12. The highest BCUT2D eigenvalue weighted by molar-refractivity contribution is 7.98. The fourth-order valence-corrected chi connectivity index (χ4v) is 3.69. The highest BCUT2D eigenvalue weighted by atomic mass is 32.2. The van der Waals surface area contributed by atoms with Crippen molar-refractivity contribution in [1.82, 2.24) is 5.32 Å². The molecule has 3 aromatic rings. The van der Waals surface area contributed by atoms with Gasteiger partial charge in [-0.1, -0.05) is 30.3 Å². The van der Waals surface area contributed by atoms with Crippen molar-refractivity contribution >= 4 is 28.6 Å². The molecular weight excluding hydrogens is 353 g/mol. The molecule has 1 unspecified atom stereocenters. The smallest absolute Gasteiger partial charge is 0.287 e. The minimum Gasteiger partial charge on any atom is -0.451 e.